The topological polar surface area (TPSA) is 58.6 Å². The van der Waals surface area contributed by atoms with Gasteiger partial charge in [-0.05, 0) is 64.8 Å². The lowest BCUT2D eigenvalue weighted by Gasteiger charge is -2.29. The van der Waals surface area contributed by atoms with E-state index in [1.54, 1.807) is 6.08 Å². The Morgan fingerprint density at radius 2 is 1.61 bits per heavy atom. The lowest BCUT2D eigenvalue weighted by molar-refractivity contribution is -0.122. The summed E-state index contributed by atoms with van der Waals surface area (Å²) in [5.41, 5.74) is 3.42. The highest BCUT2D eigenvalue weighted by Crippen LogP contribution is 2.27. The van der Waals surface area contributed by atoms with Gasteiger partial charge in [0, 0.05) is 5.56 Å². The third-order valence-corrected chi connectivity index (χ3v) is 6.47. The van der Waals surface area contributed by atoms with Gasteiger partial charge in [0.2, 0.25) is 0 Å². The SMILES string of the molecule is CCc1ccc(N2C(=O)/C(=C/c3ccccc3OCc3cccc4ccccc34)C(=O)NC2=S)cc1. The Morgan fingerprint density at radius 1 is 0.889 bits per heavy atom. The molecule has 1 heterocycles. The highest BCUT2D eigenvalue weighted by Gasteiger charge is 2.34. The zero-order chi connectivity index (χ0) is 25.1. The van der Waals surface area contributed by atoms with Gasteiger partial charge in [-0.15, -0.1) is 0 Å². The number of anilines is 1. The molecular formula is C30H24N2O3S. The first kappa shape index (κ1) is 23.5. The largest absolute Gasteiger partial charge is 0.488 e. The predicted molar refractivity (Wildman–Crippen MR) is 147 cm³/mol. The maximum atomic E-state index is 13.4. The zero-order valence-corrected chi connectivity index (χ0v) is 20.5. The summed E-state index contributed by atoms with van der Waals surface area (Å²) < 4.78 is 6.17. The summed E-state index contributed by atoms with van der Waals surface area (Å²) in [6, 6.07) is 29.2. The molecule has 0 radical (unpaired) electrons. The Balaban J connectivity index is 1.44. The molecule has 178 valence electrons. The first-order valence-corrected chi connectivity index (χ1v) is 12.1. The maximum Gasteiger partial charge on any atom is 0.270 e. The standard InChI is InChI=1S/C30H24N2O3S/c1-2-20-14-16-24(17-15-20)32-29(34)26(28(33)31-30(32)36)18-22-9-4-6-13-27(22)35-19-23-11-7-10-21-8-3-5-12-25(21)23/h3-18H,2,19H2,1H3,(H,31,33,36)/b26-18+. The molecular weight excluding hydrogens is 468 g/mol. The van der Waals surface area contributed by atoms with E-state index < -0.39 is 11.8 Å². The molecule has 6 heteroatoms. The molecule has 4 aromatic rings. The van der Waals surface area contributed by atoms with Crippen LogP contribution in [-0.4, -0.2) is 16.9 Å². The van der Waals surface area contributed by atoms with Gasteiger partial charge < -0.3 is 4.74 Å². The van der Waals surface area contributed by atoms with Crippen LogP contribution in [0.2, 0.25) is 0 Å². The van der Waals surface area contributed by atoms with Gasteiger partial charge in [-0.3, -0.25) is 19.8 Å². The Bertz CT molecular complexity index is 1500. The van der Waals surface area contributed by atoms with Crippen LogP contribution in [-0.2, 0) is 22.6 Å². The highest BCUT2D eigenvalue weighted by molar-refractivity contribution is 7.80. The van der Waals surface area contributed by atoms with E-state index >= 15 is 0 Å². The van der Waals surface area contributed by atoms with Crippen molar-refractivity contribution in [3.8, 4) is 5.75 Å². The molecule has 4 aromatic carbocycles. The first-order valence-electron chi connectivity index (χ1n) is 11.7. The molecule has 5 rings (SSSR count). The molecule has 0 spiro atoms. The number of nitrogens with one attached hydrogen (secondary N) is 1. The molecule has 1 fully saturated rings. The first-order chi connectivity index (χ1) is 17.5. The molecule has 0 aliphatic carbocycles. The minimum atomic E-state index is -0.532. The van der Waals surface area contributed by atoms with Gasteiger partial charge in [0.25, 0.3) is 11.8 Å². The fourth-order valence-corrected chi connectivity index (χ4v) is 4.51. The molecule has 36 heavy (non-hydrogen) atoms. The second kappa shape index (κ2) is 10.1. The Hall–Kier alpha value is -4.29. The number of fused-ring (bicyclic) bond motifs is 1. The van der Waals surface area contributed by atoms with Crippen LogP contribution in [0.3, 0.4) is 0 Å². The molecule has 0 saturated carbocycles. The zero-order valence-electron chi connectivity index (χ0n) is 19.7. The van der Waals surface area contributed by atoms with E-state index in [0.29, 0.717) is 23.6 Å². The van der Waals surface area contributed by atoms with Gasteiger partial charge in [-0.2, -0.15) is 0 Å². The van der Waals surface area contributed by atoms with E-state index in [2.05, 4.69) is 30.4 Å². The van der Waals surface area contributed by atoms with Crippen molar-refractivity contribution in [2.24, 2.45) is 0 Å². The molecule has 0 unspecified atom stereocenters. The number of hydrogen-bond donors (Lipinski definition) is 1. The second-order valence-electron chi connectivity index (χ2n) is 8.44. The summed E-state index contributed by atoms with van der Waals surface area (Å²) in [7, 11) is 0. The number of amides is 2. The Labute approximate surface area is 215 Å². The maximum absolute atomic E-state index is 13.4. The number of thiocarbonyl (C=S) groups is 1. The van der Waals surface area contributed by atoms with Gasteiger partial charge in [-0.25, -0.2) is 0 Å². The number of nitrogens with zero attached hydrogens (tertiary/aromatic N) is 1. The quantitative estimate of drug-likeness (QED) is 0.210. The lowest BCUT2D eigenvalue weighted by Crippen LogP contribution is -2.54. The molecule has 1 saturated heterocycles. The Kier molecular flexibility index (Phi) is 6.60. The van der Waals surface area contributed by atoms with Crippen molar-refractivity contribution in [2.45, 2.75) is 20.0 Å². The van der Waals surface area contributed by atoms with Crippen molar-refractivity contribution < 1.29 is 14.3 Å². The van der Waals surface area contributed by atoms with E-state index in [1.165, 1.54) is 4.90 Å². The van der Waals surface area contributed by atoms with Crippen LogP contribution >= 0.6 is 12.2 Å². The summed E-state index contributed by atoms with van der Waals surface area (Å²) >= 11 is 5.32. The van der Waals surface area contributed by atoms with Gasteiger partial charge in [0.1, 0.15) is 17.9 Å². The highest BCUT2D eigenvalue weighted by atomic mass is 32.1. The number of benzene rings is 4. The number of carbonyl (C=O) groups is 2. The smallest absolute Gasteiger partial charge is 0.270 e. The fourth-order valence-electron chi connectivity index (χ4n) is 4.23. The van der Waals surface area contributed by atoms with Crippen molar-refractivity contribution >= 4 is 51.7 Å². The van der Waals surface area contributed by atoms with Crippen LogP contribution < -0.4 is 15.0 Å². The van der Waals surface area contributed by atoms with Crippen LogP contribution in [0, 0.1) is 0 Å². The summed E-state index contributed by atoms with van der Waals surface area (Å²) in [5, 5.41) is 4.97. The van der Waals surface area contributed by atoms with E-state index in [1.807, 2.05) is 72.8 Å². The number of aryl methyl sites for hydroxylation is 1. The third kappa shape index (κ3) is 4.63. The molecule has 0 aromatic heterocycles. The van der Waals surface area contributed by atoms with E-state index in [4.69, 9.17) is 17.0 Å². The van der Waals surface area contributed by atoms with Gasteiger partial charge in [0.15, 0.2) is 5.11 Å². The van der Waals surface area contributed by atoms with Crippen LogP contribution in [0.1, 0.15) is 23.6 Å². The van der Waals surface area contributed by atoms with E-state index in [-0.39, 0.29) is 10.7 Å². The van der Waals surface area contributed by atoms with Crippen LogP contribution in [0.15, 0.2) is 96.6 Å². The number of para-hydroxylation sites is 1. The number of ether oxygens (including phenoxy) is 1. The van der Waals surface area contributed by atoms with Crippen molar-refractivity contribution in [1.29, 1.82) is 0 Å². The van der Waals surface area contributed by atoms with Crippen LogP contribution in [0.5, 0.6) is 5.75 Å². The van der Waals surface area contributed by atoms with Crippen molar-refractivity contribution in [2.75, 3.05) is 4.90 Å². The lowest BCUT2D eigenvalue weighted by atomic mass is 10.0. The second-order valence-corrected chi connectivity index (χ2v) is 8.83. The average molecular weight is 493 g/mol. The summed E-state index contributed by atoms with van der Waals surface area (Å²) in [4.78, 5) is 27.5. The molecule has 0 atom stereocenters. The summed E-state index contributed by atoms with van der Waals surface area (Å²) in [6.45, 7) is 2.41. The van der Waals surface area contributed by atoms with Crippen molar-refractivity contribution in [3.63, 3.8) is 0 Å². The molecule has 1 aliphatic heterocycles. The normalized spacial score (nSPS) is 14.9. The van der Waals surface area contributed by atoms with E-state index in [9.17, 15) is 9.59 Å². The van der Waals surface area contributed by atoms with Gasteiger partial charge in [0.05, 0.1) is 5.69 Å². The number of rotatable bonds is 6. The summed E-state index contributed by atoms with van der Waals surface area (Å²) in [5.74, 6) is -0.433. The molecule has 2 amide bonds. The van der Waals surface area contributed by atoms with E-state index in [0.717, 1.165) is 28.3 Å². The van der Waals surface area contributed by atoms with Crippen LogP contribution in [0.25, 0.3) is 16.8 Å². The van der Waals surface area contributed by atoms with Crippen molar-refractivity contribution in [3.05, 3.63) is 113 Å². The number of hydrogen-bond acceptors (Lipinski definition) is 4. The summed E-state index contributed by atoms with van der Waals surface area (Å²) in [6.07, 6.45) is 2.45. The number of carbonyl (C=O) groups excluding carboxylic acids is 2. The molecule has 1 aliphatic rings. The molecule has 0 bridgehead atoms. The van der Waals surface area contributed by atoms with Gasteiger partial charge >= 0.3 is 0 Å². The molecule has 5 nitrogen and oxygen atoms in total. The van der Waals surface area contributed by atoms with Crippen LogP contribution in [0.4, 0.5) is 5.69 Å². The minimum Gasteiger partial charge on any atom is -0.488 e. The predicted octanol–water partition coefficient (Wildman–Crippen LogP) is 5.81. The monoisotopic (exact) mass is 492 g/mol. The minimum absolute atomic E-state index is 0.00983. The van der Waals surface area contributed by atoms with Gasteiger partial charge in [-0.1, -0.05) is 79.7 Å². The fraction of sp³-hybridized carbons (Fsp3) is 0.100. The average Bonchev–Trinajstić information content (AvgIpc) is 2.90. The van der Waals surface area contributed by atoms with Crippen molar-refractivity contribution in [1.82, 2.24) is 5.32 Å². The molecule has 1 N–H and O–H groups in total. The third-order valence-electron chi connectivity index (χ3n) is 6.19. The Morgan fingerprint density at radius 3 is 2.42 bits per heavy atom.